The van der Waals surface area contributed by atoms with Gasteiger partial charge in [-0.05, 0) is 44.9 Å². The van der Waals surface area contributed by atoms with E-state index in [1.165, 1.54) is 283 Å². The third-order valence-corrected chi connectivity index (χ3v) is 14.4. The molecule has 1 amide bonds. The Kier molecular flexibility index (Phi) is 57.7. The predicted octanol–water partition coefficient (Wildman–Crippen LogP) is 20.4. The number of hydrogen-bond acceptors (Lipinski definition) is 3. The minimum absolute atomic E-state index is 0.0713. The zero-order valence-corrected chi connectivity index (χ0v) is 45.7. The van der Waals surface area contributed by atoms with E-state index in [0.29, 0.717) is 6.42 Å². The summed E-state index contributed by atoms with van der Waals surface area (Å²) in [5.74, 6) is -0.0713. The molecule has 396 valence electrons. The third kappa shape index (κ3) is 55.4. The van der Waals surface area contributed by atoms with Crippen LogP contribution < -0.4 is 5.32 Å². The van der Waals surface area contributed by atoms with Gasteiger partial charge in [0.1, 0.15) is 0 Å². The molecular formula is C63H121NO3. The van der Waals surface area contributed by atoms with Crippen LogP contribution in [0, 0.1) is 0 Å². The number of allylic oxidation sites excluding steroid dienone is 5. The molecule has 0 aromatic rings. The van der Waals surface area contributed by atoms with Gasteiger partial charge < -0.3 is 15.5 Å². The number of carbonyl (C=O) groups excluding carboxylic acids is 1. The number of rotatable bonds is 57. The van der Waals surface area contributed by atoms with Gasteiger partial charge in [-0.15, -0.1) is 0 Å². The van der Waals surface area contributed by atoms with Crippen molar-refractivity contribution in [2.24, 2.45) is 0 Å². The molecule has 0 aromatic heterocycles. The summed E-state index contributed by atoms with van der Waals surface area (Å²) in [6, 6.07) is -0.644. The zero-order chi connectivity index (χ0) is 48.5. The number of aliphatic hydroxyl groups excluding tert-OH is 2. The summed E-state index contributed by atoms with van der Waals surface area (Å²) >= 11 is 0. The molecule has 2 atom stereocenters. The van der Waals surface area contributed by atoms with Crippen molar-refractivity contribution in [1.82, 2.24) is 5.32 Å². The normalized spacial score (nSPS) is 13.0. The van der Waals surface area contributed by atoms with E-state index < -0.39 is 12.1 Å². The van der Waals surface area contributed by atoms with E-state index in [1.807, 2.05) is 6.08 Å². The predicted molar refractivity (Wildman–Crippen MR) is 299 cm³/mol. The fraction of sp³-hybridized carbons (Fsp3) is 0.889. The van der Waals surface area contributed by atoms with Crippen LogP contribution in [0.5, 0.6) is 0 Å². The lowest BCUT2D eigenvalue weighted by Crippen LogP contribution is -2.45. The van der Waals surface area contributed by atoms with Crippen LogP contribution in [0.1, 0.15) is 341 Å². The average Bonchev–Trinajstić information content (AvgIpc) is 3.33. The molecule has 3 N–H and O–H groups in total. The Hall–Kier alpha value is -1.39. The first-order valence-corrected chi connectivity index (χ1v) is 30.7. The molecule has 0 aliphatic carbocycles. The maximum atomic E-state index is 12.5. The number of aliphatic hydroxyl groups is 2. The molecule has 0 aliphatic rings. The van der Waals surface area contributed by atoms with E-state index in [9.17, 15) is 15.0 Å². The molecule has 0 aromatic carbocycles. The van der Waals surface area contributed by atoms with E-state index in [2.05, 4.69) is 43.5 Å². The topological polar surface area (TPSA) is 69.6 Å². The van der Waals surface area contributed by atoms with Gasteiger partial charge in [0.05, 0.1) is 18.8 Å². The molecule has 4 heteroatoms. The molecule has 0 radical (unpaired) electrons. The Morgan fingerprint density at radius 2 is 0.582 bits per heavy atom. The Morgan fingerprint density at radius 1 is 0.343 bits per heavy atom. The lowest BCUT2D eigenvalue weighted by Gasteiger charge is -2.19. The molecule has 0 bridgehead atoms. The van der Waals surface area contributed by atoms with Crippen LogP contribution in [0.25, 0.3) is 0 Å². The standard InChI is InChI=1S/C63H121NO3/c1-3-5-7-9-11-13-15-17-19-21-23-25-27-28-29-30-31-32-33-34-35-37-38-40-42-44-46-48-50-52-54-56-58-62(66)61(60-65)64-63(67)59-57-55-53-51-49-47-45-43-41-39-36-26-24-22-20-18-16-14-12-10-8-6-4-2/h40,42,48,50,56,58,61-62,65-66H,3-39,41,43-47,49,51-55,57,59-60H2,1-2H3,(H,64,67)/b42-40+,50-48+,58-56+. The maximum Gasteiger partial charge on any atom is 0.220 e. The minimum Gasteiger partial charge on any atom is -0.394 e. The molecule has 67 heavy (non-hydrogen) atoms. The van der Waals surface area contributed by atoms with Gasteiger partial charge in [-0.1, -0.05) is 326 Å². The van der Waals surface area contributed by atoms with E-state index >= 15 is 0 Å². The molecule has 0 aliphatic heterocycles. The Balaban J connectivity index is 3.50. The molecule has 0 saturated heterocycles. The van der Waals surface area contributed by atoms with Crippen molar-refractivity contribution in [1.29, 1.82) is 0 Å². The van der Waals surface area contributed by atoms with E-state index in [1.54, 1.807) is 6.08 Å². The van der Waals surface area contributed by atoms with Crippen molar-refractivity contribution < 1.29 is 15.0 Å². The van der Waals surface area contributed by atoms with Gasteiger partial charge in [0.25, 0.3) is 0 Å². The maximum absolute atomic E-state index is 12.5. The highest BCUT2D eigenvalue weighted by Crippen LogP contribution is 2.18. The quantitative estimate of drug-likeness (QED) is 0.0420. The smallest absolute Gasteiger partial charge is 0.220 e. The van der Waals surface area contributed by atoms with Crippen molar-refractivity contribution >= 4 is 5.91 Å². The van der Waals surface area contributed by atoms with Crippen LogP contribution in [0.2, 0.25) is 0 Å². The third-order valence-electron chi connectivity index (χ3n) is 14.4. The first kappa shape index (κ1) is 65.6. The highest BCUT2D eigenvalue weighted by Gasteiger charge is 2.18. The Morgan fingerprint density at radius 3 is 0.866 bits per heavy atom. The highest BCUT2D eigenvalue weighted by molar-refractivity contribution is 5.76. The van der Waals surface area contributed by atoms with E-state index in [4.69, 9.17) is 0 Å². The van der Waals surface area contributed by atoms with Crippen molar-refractivity contribution in [2.45, 2.75) is 353 Å². The van der Waals surface area contributed by atoms with Crippen LogP contribution in [-0.4, -0.2) is 34.9 Å². The van der Waals surface area contributed by atoms with Crippen molar-refractivity contribution in [2.75, 3.05) is 6.61 Å². The number of amides is 1. The lowest BCUT2D eigenvalue weighted by molar-refractivity contribution is -0.123. The molecule has 0 saturated carbocycles. The Labute approximate surface area is 421 Å². The molecular weight excluding hydrogens is 819 g/mol. The molecule has 0 fully saturated rings. The highest BCUT2D eigenvalue weighted by atomic mass is 16.3. The average molecular weight is 941 g/mol. The van der Waals surface area contributed by atoms with Crippen LogP contribution in [-0.2, 0) is 4.79 Å². The molecule has 4 nitrogen and oxygen atoms in total. The largest absolute Gasteiger partial charge is 0.394 e. The molecule has 0 spiro atoms. The Bertz CT molecular complexity index is 1020. The molecule has 0 heterocycles. The number of unbranched alkanes of at least 4 members (excludes halogenated alkanes) is 46. The summed E-state index contributed by atoms with van der Waals surface area (Å²) in [6.45, 7) is 4.34. The summed E-state index contributed by atoms with van der Waals surface area (Å²) in [5.41, 5.74) is 0. The van der Waals surface area contributed by atoms with Crippen LogP contribution >= 0.6 is 0 Å². The second kappa shape index (κ2) is 58.9. The van der Waals surface area contributed by atoms with Crippen molar-refractivity contribution in [3.05, 3.63) is 36.5 Å². The number of carbonyl (C=O) groups is 1. The van der Waals surface area contributed by atoms with E-state index in [0.717, 1.165) is 38.5 Å². The SMILES string of the molecule is CCCCCCCCCCCCCCCCCCCCCCCC/C=C/CC/C=C/CC/C=C/C(O)C(CO)NC(=O)CCCCCCCCCCCCCCCCCCCCCCCCC. The van der Waals surface area contributed by atoms with Crippen LogP contribution in [0.4, 0.5) is 0 Å². The van der Waals surface area contributed by atoms with Gasteiger partial charge in [0.2, 0.25) is 5.91 Å². The van der Waals surface area contributed by atoms with Crippen molar-refractivity contribution in [3.63, 3.8) is 0 Å². The van der Waals surface area contributed by atoms with Gasteiger partial charge in [0.15, 0.2) is 0 Å². The second-order valence-electron chi connectivity index (χ2n) is 21.1. The van der Waals surface area contributed by atoms with Crippen molar-refractivity contribution in [3.8, 4) is 0 Å². The fourth-order valence-electron chi connectivity index (χ4n) is 9.69. The monoisotopic (exact) mass is 940 g/mol. The summed E-state index contributed by atoms with van der Waals surface area (Å²) in [6.07, 6.45) is 80.5. The summed E-state index contributed by atoms with van der Waals surface area (Å²) in [7, 11) is 0. The minimum atomic E-state index is -0.869. The van der Waals surface area contributed by atoms with Gasteiger partial charge >= 0.3 is 0 Å². The first-order valence-electron chi connectivity index (χ1n) is 30.7. The van der Waals surface area contributed by atoms with E-state index in [-0.39, 0.29) is 12.5 Å². The second-order valence-corrected chi connectivity index (χ2v) is 21.1. The lowest BCUT2D eigenvalue weighted by atomic mass is 10.0. The van der Waals surface area contributed by atoms with Gasteiger partial charge in [-0.3, -0.25) is 4.79 Å². The van der Waals surface area contributed by atoms with Crippen LogP contribution in [0.3, 0.4) is 0 Å². The van der Waals surface area contributed by atoms with Gasteiger partial charge in [-0.2, -0.15) is 0 Å². The molecule has 0 rings (SSSR count). The summed E-state index contributed by atoms with van der Waals surface area (Å²) in [5, 5.41) is 23.2. The fourth-order valence-corrected chi connectivity index (χ4v) is 9.69. The summed E-state index contributed by atoms with van der Waals surface area (Å²) in [4.78, 5) is 12.5. The zero-order valence-electron chi connectivity index (χ0n) is 45.7. The van der Waals surface area contributed by atoms with Crippen LogP contribution in [0.15, 0.2) is 36.5 Å². The number of nitrogens with one attached hydrogen (secondary N) is 1. The molecule has 2 unspecified atom stereocenters. The summed E-state index contributed by atoms with van der Waals surface area (Å²) < 4.78 is 0. The van der Waals surface area contributed by atoms with Gasteiger partial charge in [0, 0.05) is 6.42 Å². The van der Waals surface area contributed by atoms with Gasteiger partial charge in [-0.25, -0.2) is 0 Å². The first-order chi connectivity index (χ1) is 33.2. The number of hydrogen-bond donors (Lipinski definition) is 3.